The molecule has 1 unspecified atom stereocenters. The molecule has 0 aliphatic heterocycles. The van der Waals surface area contributed by atoms with Crippen molar-refractivity contribution in [3.63, 3.8) is 0 Å². The SMILES string of the molecule is CC(C)(C)C1CCc2nc(NC(=O)CS(=O)(=O)CC(=O)Nc3ccc(F)cc3)sc2C1. The van der Waals surface area contributed by atoms with Gasteiger partial charge in [0, 0.05) is 10.6 Å². The largest absolute Gasteiger partial charge is 0.325 e. The van der Waals surface area contributed by atoms with E-state index in [9.17, 15) is 22.4 Å². The van der Waals surface area contributed by atoms with Crippen LogP contribution < -0.4 is 10.6 Å². The van der Waals surface area contributed by atoms with E-state index in [4.69, 9.17) is 0 Å². The first-order chi connectivity index (χ1) is 14.4. The number of hydrogen-bond donors (Lipinski definition) is 2. The summed E-state index contributed by atoms with van der Waals surface area (Å²) in [6.07, 6.45) is 2.77. The fourth-order valence-electron chi connectivity index (χ4n) is 3.50. The number of rotatable bonds is 6. The summed E-state index contributed by atoms with van der Waals surface area (Å²) < 4.78 is 37.4. The summed E-state index contributed by atoms with van der Waals surface area (Å²) in [5, 5.41) is 5.31. The Hall–Kier alpha value is -2.33. The van der Waals surface area contributed by atoms with Gasteiger partial charge in [-0.05, 0) is 54.9 Å². The maximum atomic E-state index is 12.9. The Balaban J connectivity index is 1.55. The number of aromatic nitrogens is 1. The quantitative estimate of drug-likeness (QED) is 0.677. The van der Waals surface area contributed by atoms with Gasteiger partial charge in [-0.25, -0.2) is 17.8 Å². The molecular formula is C21H26FN3O4S2. The lowest BCUT2D eigenvalue weighted by molar-refractivity contribution is -0.114. The van der Waals surface area contributed by atoms with E-state index in [-0.39, 0.29) is 11.1 Å². The van der Waals surface area contributed by atoms with Gasteiger partial charge in [0.25, 0.3) is 0 Å². The van der Waals surface area contributed by atoms with Crippen LogP contribution in [0, 0.1) is 17.2 Å². The predicted molar refractivity (Wildman–Crippen MR) is 119 cm³/mol. The summed E-state index contributed by atoms with van der Waals surface area (Å²) in [4.78, 5) is 29.8. The zero-order chi connectivity index (χ0) is 22.8. The molecule has 1 aromatic heterocycles. The van der Waals surface area contributed by atoms with Gasteiger partial charge in [0.1, 0.15) is 17.3 Å². The summed E-state index contributed by atoms with van der Waals surface area (Å²) in [6.45, 7) is 6.64. The normalized spacial score (nSPS) is 16.5. The molecule has 1 heterocycles. The summed E-state index contributed by atoms with van der Waals surface area (Å²) in [7, 11) is -3.98. The van der Waals surface area contributed by atoms with Gasteiger partial charge in [-0.15, -0.1) is 11.3 Å². The molecule has 1 aliphatic carbocycles. The van der Waals surface area contributed by atoms with Crippen LogP contribution in [0.5, 0.6) is 0 Å². The van der Waals surface area contributed by atoms with E-state index in [0.717, 1.165) is 42.0 Å². The molecule has 1 aliphatic rings. The summed E-state index contributed by atoms with van der Waals surface area (Å²) in [6, 6.07) is 4.94. The number of nitrogens with zero attached hydrogens (tertiary/aromatic N) is 1. The van der Waals surface area contributed by atoms with Crippen LogP contribution in [0.1, 0.15) is 37.8 Å². The highest BCUT2D eigenvalue weighted by Crippen LogP contribution is 2.40. The number of nitrogens with one attached hydrogen (secondary N) is 2. The second-order valence-corrected chi connectivity index (χ2v) is 12.0. The number of anilines is 2. The van der Waals surface area contributed by atoms with Gasteiger partial charge in [-0.1, -0.05) is 20.8 Å². The maximum absolute atomic E-state index is 12.9. The van der Waals surface area contributed by atoms with E-state index in [2.05, 4.69) is 36.4 Å². The molecule has 0 bridgehead atoms. The van der Waals surface area contributed by atoms with Crippen LogP contribution in [-0.2, 0) is 32.3 Å². The van der Waals surface area contributed by atoms with E-state index in [1.807, 2.05) is 0 Å². The minimum atomic E-state index is -3.98. The van der Waals surface area contributed by atoms with Crippen LogP contribution in [0.3, 0.4) is 0 Å². The molecule has 0 fully saturated rings. The van der Waals surface area contributed by atoms with Crippen LogP contribution in [0.2, 0.25) is 0 Å². The van der Waals surface area contributed by atoms with E-state index >= 15 is 0 Å². The lowest BCUT2D eigenvalue weighted by Crippen LogP contribution is -2.30. The predicted octanol–water partition coefficient (Wildman–Crippen LogP) is 3.43. The van der Waals surface area contributed by atoms with Crippen LogP contribution in [0.4, 0.5) is 15.2 Å². The van der Waals surface area contributed by atoms with Crippen molar-refractivity contribution >= 4 is 43.8 Å². The highest BCUT2D eigenvalue weighted by atomic mass is 32.2. The number of aryl methyl sites for hydroxylation is 1. The molecule has 0 saturated heterocycles. The minimum Gasteiger partial charge on any atom is -0.325 e. The Morgan fingerprint density at radius 2 is 1.74 bits per heavy atom. The smallest absolute Gasteiger partial charge is 0.241 e. The second kappa shape index (κ2) is 9.04. The number of halogens is 1. The monoisotopic (exact) mass is 467 g/mol. The van der Waals surface area contributed by atoms with Crippen molar-refractivity contribution in [1.82, 2.24) is 4.98 Å². The zero-order valence-corrected chi connectivity index (χ0v) is 19.3. The standard InChI is InChI=1S/C21H26FN3O4S2/c1-21(2,3)13-4-9-16-17(10-13)30-20(24-16)25-19(27)12-31(28,29)11-18(26)23-15-7-5-14(22)6-8-15/h5-8,13H,4,9-12H2,1-3H3,(H,23,26)(H,24,25,27). The summed E-state index contributed by atoms with van der Waals surface area (Å²) in [5.41, 5.74) is 1.42. The highest BCUT2D eigenvalue weighted by Gasteiger charge is 2.31. The molecule has 0 saturated carbocycles. The first kappa shape index (κ1) is 23.3. The average Bonchev–Trinajstić information content (AvgIpc) is 3.02. The van der Waals surface area contributed by atoms with Crippen LogP contribution in [0.15, 0.2) is 24.3 Å². The van der Waals surface area contributed by atoms with Crippen molar-refractivity contribution in [3.8, 4) is 0 Å². The van der Waals surface area contributed by atoms with Gasteiger partial charge in [-0.2, -0.15) is 0 Å². The van der Waals surface area contributed by atoms with E-state index < -0.39 is 39.0 Å². The van der Waals surface area contributed by atoms with Crippen molar-refractivity contribution in [2.75, 3.05) is 22.1 Å². The minimum absolute atomic E-state index is 0.188. The lowest BCUT2D eigenvalue weighted by atomic mass is 9.73. The number of fused-ring (bicyclic) bond motifs is 1. The third-order valence-corrected chi connectivity index (χ3v) is 7.68. The van der Waals surface area contributed by atoms with Crippen molar-refractivity contribution in [2.24, 2.45) is 11.3 Å². The van der Waals surface area contributed by atoms with E-state index in [1.165, 1.54) is 23.5 Å². The van der Waals surface area contributed by atoms with Crippen LogP contribution in [-0.4, -0.2) is 36.7 Å². The second-order valence-electron chi connectivity index (χ2n) is 8.83. The molecule has 0 radical (unpaired) electrons. The fourth-order valence-corrected chi connectivity index (χ4v) is 5.65. The van der Waals surface area contributed by atoms with Crippen molar-refractivity contribution in [3.05, 3.63) is 40.7 Å². The van der Waals surface area contributed by atoms with Gasteiger partial charge in [0.05, 0.1) is 5.69 Å². The lowest BCUT2D eigenvalue weighted by Gasteiger charge is -2.33. The van der Waals surface area contributed by atoms with Crippen molar-refractivity contribution in [2.45, 2.75) is 40.0 Å². The fraction of sp³-hybridized carbons (Fsp3) is 0.476. The van der Waals surface area contributed by atoms with Gasteiger partial charge >= 0.3 is 0 Å². The van der Waals surface area contributed by atoms with Crippen molar-refractivity contribution < 1.29 is 22.4 Å². The Kier molecular flexibility index (Phi) is 6.80. The third-order valence-electron chi connectivity index (χ3n) is 5.24. The number of amides is 2. The first-order valence-electron chi connectivity index (χ1n) is 9.95. The Bertz CT molecular complexity index is 1070. The highest BCUT2D eigenvalue weighted by molar-refractivity contribution is 7.92. The number of thiazole rings is 1. The molecule has 10 heteroatoms. The van der Waals surface area contributed by atoms with Gasteiger partial charge < -0.3 is 10.6 Å². The van der Waals surface area contributed by atoms with E-state index in [0.29, 0.717) is 11.0 Å². The third kappa shape index (κ3) is 6.57. The molecular weight excluding hydrogens is 441 g/mol. The summed E-state index contributed by atoms with van der Waals surface area (Å²) >= 11 is 1.38. The van der Waals surface area contributed by atoms with Gasteiger partial charge in [0.2, 0.25) is 11.8 Å². The molecule has 0 spiro atoms. The Morgan fingerprint density at radius 3 is 2.35 bits per heavy atom. The molecule has 2 aromatic rings. The molecule has 168 valence electrons. The van der Waals surface area contributed by atoms with Gasteiger partial charge in [-0.3, -0.25) is 9.59 Å². The molecule has 1 atom stereocenters. The van der Waals surface area contributed by atoms with Gasteiger partial charge in [0.15, 0.2) is 15.0 Å². The zero-order valence-electron chi connectivity index (χ0n) is 17.7. The number of benzene rings is 1. The van der Waals surface area contributed by atoms with Crippen LogP contribution >= 0.6 is 11.3 Å². The van der Waals surface area contributed by atoms with Crippen LogP contribution in [0.25, 0.3) is 0 Å². The molecule has 2 N–H and O–H groups in total. The number of carbonyl (C=O) groups is 2. The number of sulfone groups is 1. The summed E-state index contributed by atoms with van der Waals surface area (Å²) in [5.74, 6) is -3.13. The Morgan fingerprint density at radius 1 is 1.13 bits per heavy atom. The average molecular weight is 468 g/mol. The Labute approximate surface area is 185 Å². The molecule has 7 nitrogen and oxygen atoms in total. The maximum Gasteiger partial charge on any atom is 0.241 e. The topological polar surface area (TPSA) is 105 Å². The number of hydrogen-bond acceptors (Lipinski definition) is 6. The molecule has 3 rings (SSSR count). The molecule has 31 heavy (non-hydrogen) atoms. The number of carbonyl (C=O) groups excluding carboxylic acids is 2. The van der Waals surface area contributed by atoms with Crippen molar-refractivity contribution in [1.29, 1.82) is 0 Å². The first-order valence-corrected chi connectivity index (χ1v) is 12.6. The molecule has 2 amide bonds. The molecule has 1 aromatic carbocycles. The van der Waals surface area contributed by atoms with E-state index in [1.54, 1.807) is 0 Å².